The van der Waals surface area contributed by atoms with Crippen molar-refractivity contribution in [2.45, 2.75) is 20.3 Å². The van der Waals surface area contributed by atoms with Crippen molar-refractivity contribution >= 4 is 17.3 Å². The second-order valence-corrected chi connectivity index (χ2v) is 4.99. The zero-order valence-corrected chi connectivity index (χ0v) is 14.9. The highest BCUT2D eigenvalue weighted by atomic mass is 35.5. The summed E-state index contributed by atoms with van der Waals surface area (Å²) in [6.07, 6.45) is 0.252. The number of nitrogens with one attached hydrogen (secondary N) is 1. The third-order valence-corrected chi connectivity index (χ3v) is 3.25. The van der Waals surface area contributed by atoms with Gasteiger partial charge in [0.05, 0.1) is 31.4 Å². The van der Waals surface area contributed by atoms with Crippen molar-refractivity contribution in [2.24, 2.45) is 0 Å². The first-order valence-electron chi connectivity index (χ1n) is 7.80. The normalized spacial score (nSPS) is 9.48. The number of rotatable bonds is 7. The molecule has 0 saturated heterocycles. The van der Waals surface area contributed by atoms with Gasteiger partial charge >= 0.3 is 5.69 Å². The van der Waals surface area contributed by atoms with Gasteiger partial charge in [-0.15, -0.1) is 0 Å². The molecule has 2 aromatic rings. The molecule has 25 heavy (non-hydrogen) atoms. The molecule has 7 heteroatoms. The molecule has 6 nitrogen and oxygen atoms in total. The van der Waals surface area contributed by atoms with Gasteiger partial charge in [0, 0.05) is 6.07 Å². The molecule has 0 unspecified atom stereocenters. The fourth-order valence-electron chi connectivity index (χ4n) is 2.25. The number of ether oxygens (including phenoxy) is 2. The summed E-state index contributed by atoms with van der Waals surface area (Å²) in [7, 11) is 0. The Morgan fingerprint density at radius 1 is 1.08 bits per heavy atom. The van der Waals surface area contributed by atoms with Crippen LogP contribution in [0.25, 0.3) is 4.98 Å². The van der Waals surface area contributed by atoms with E-state index in [1.807, 2.05) is 44.2 Å². The molecule has 0 aliphatic heterocycles. The summed E-state index contributed by atoms with van der Waals surface area (Å²) >= 11 is 0. The molecular weight excluding hydrogens is 342 g/mol. The van der Waals surface area contributed by atoms with Crippen molar-refractivity contribution < 1.29 is 26.7 Å². The summed E-state index contributed by atoms with van der Waals surface area (Å²) in [5, 5.41) is 11.9. The van der Waals surface area contributed by atoms with Crippen molar-refractivity contribution in [2.75, 3.05) is 18.5 Å². The first-order valence-corrected chi connectivity index (χ1v) is 7.80. The van der Waals surface area contributed by atoms with Gasteiger partial charge in [0.2, 0.25) is 17.0 Å². The highest BCUT2D eigenvalue weighted by Gasteiger charge is 2.21. The van der Waals surface area contributed by atoms with Gasteiger partial charge in [0.25, 0.3) is 0 Å². The van der Waals surface area contributed by atoms with E-state index in [-0.39, 0.29) is 30.4 Å². The van der Waals surface area contributed by atoms with Crippen LogP contribution in [0, 0.1) is 5.39 Å². The molecule has 0 saturated carbocycles. The Labute approximate surface area is 153 Å². The molecule has 0 aromatic heterocycles. The lowest BCUT2D eigenvalue weighted by atomic mass is 10.1. The van der Waals surface area contributed by atoms with Crippen LogP contribution < -0.4 is 27.2 Å². The number of benzene rings is 2. The van der Waals surface area contributed by atoms with Crippen molar-refractivity contribution in [3.05, 3.63) is 53.0 Å². The minimum atomic E-state index is -0.168. The largest absolute Gasteiger partial charge is 1.00 e. The van der Waals surface area contributed by atoms with Crippen LogP contribution in [0.3, 0.4) is 0 Å². The van der Waals surface area contributed by atoms with Crippen molar-refractivity contribution in [3.63, 3.8) is 0 Å². The van der Waals surface area contributed by atoms with Gasteiger partial charge in [-0.1, -0.05) is 30.3 Å². The first kappa shape index (κ1) is 20.3. The van der Waals surface area contributed by atoms with Crippen LogP contribution in [0.5, 0.6) is 11.5 Å². The smallest absolute Gasteiger partial charge is 0.430 e. The predicted molar refractivity (Wildman–Crippen MR) is 92.3 cm³/mol. The van der Waals surface area contributed by atoms with E-state index in [9.17, 15) is 4.79 Å². The Morgan fingerprint density at radius 3 is 2.32 bits per heavy atom. The van der Waals surface area contributed by atoms with E-state index in [1.54, 1.807) is 6.07 Å². The summed E-state index contributed by atoms with van der Waals surface area (Å²) in [4.78, 5) is 15.5. The molecule has 0 atom stereocenters. The standard InChI is InChI=1S/C18H19N3O3.ClH/c1-3-23-16-12-15(21-19)17(24-4-2)11-14(16)20-18(22)10-13-8-6-5-7-9-13;/h5-9,11-12H,3-4,10H2,1-2H3;1H. The fourth-order valence-corrected chi connectivity index (χ4v) is 2.25. The molecule has 0 heterocycles. The minimum absolute atomic E-state index is 0. The van der Waals surface area contributed by atoms with Gasteiger partial charge in [0.15, 0.2) is 10.7 Å². The third kappa shape index (κ3) is 5.66. The molecule has 1 N–H and O–H groups in total. The SMILES string of the molecule is CCOc1cc(NC(=O)Cc2ccccc2)c(OCC)cc1[N+]#N.[Cl-]. The molecule has 2 rings (SSSR count). The molecule has 132 valence electrons. The summed E-state index contributed by atoms with van der Waals surface area (Å²) in [5.41, 5.74) is 1.65. The molecule has 0 radical (unpaired) electrons. The Kier molecular flexibility index (Phi) is 8.24. The summed E-state index contributed by atoms with van der Waals surface area (Å²) < 4.78 is 11.0. The van der Waals surface area contributed by atoms with E-state index < -0.39 is 0 Å². The maximum Gasteiger partial charge on any atom is 0.430 e. The van der Waals surface area contributed by atoms with Gasteiger partial charge in [-0.05, 0) is 19.4 Å². The number of hydrogen-bond acceptors (Lipinski definition) is 4. The van der Waals surface area contributed by atoms with E-state index >= 15 is 0 Å². The van der Waals surface area contributed by atoms with Crippen LogP contribution in [0.15, 0.2) is 42.5 Å². The van der Waals surface area contributed by atoms with Crippen LogP contribution >= 0.6 is 0 Å². The second-order valence-electron chi connectivity index (χ2n) is 4.99. The average Bonchev–Trinajstić information content (AvgIpc) is 2.58. The third-order valence-electron chi connectivity index (χ3n) is 3.25. The first-order chi connectivity index (χ1) is 11.7. The average molecular weight is 362 g/mol. The number of anilines is 1. The number of carbonyl (C=O) groups is 1. The van der Waals surface area contributed by atoms with E-state index in [0.717, 1.165) is 5.56 Å². The number of hydrogen-bond donors (Lipinski definition) is 1. The second kappa shape index (κ2) is 10.2. The number of amides is 1. The Bertz CT molecular complexity index is 745. The Morgan fingerprint density at radius 2 is 1.72 bits per heavy atom. The van der Waals surface area contributed by atoms with Gasteiger partial charge in [0.1, 0.15) is 0 Å². The number of carbonyl (C=O) groups excluding carboxylic acids is 1. The van der Waals surface area contributed by atoms with Crippen LogP contribution in [0.1, 0.15) is 19.4 Å². The van der Waals surface area contributed by atoms with E-state index in [2.05, 4.69) is 10.3 Å². The summed E-state index contributed by atoms with van der Waals surface area (Å²) in [6, 6.07) is 12.6. The Hall–Kier alpha value is -2.78. The molecule has 0 aliphatic carbocycles. The molecule has 0 spiro atoms. The zero-order valence-electron chi connectivity index (χ0n) is 14.2. The number of halogens is 1. The lowest BCUT2D eigenvalue weighted by Crippen LogP contribution is -3.00. The van der Waals surface area contributed by atoms with E-state index in [1.165, 1.54) is 6.07 Å². The summed E-state index contributed by atoms with van der Waals surface area (Å²) in [5.74, 6) is 0.631. The van der Waals surface area contributed by atoms with Crippen LogP contribution in [-0.4, -0.2) is 19.1 Å². The molecule has 1 amide bonds. The number of diazo groups is 1. The molecule has 0 fully saturated rings. The summed E-state index contributed by atoms with van der Waals surface area (Å²) in [6.45, 7) is 4.49. The Balaban J connectivity index is 0.00000312. The molecule has 0 aliphatic rings. The minimum Gasteiger partial charge on any atom is -1.00 e. The maximum atomic E-state index is 12.3. The van der Waals surface area contributed by atoms with Crippen molar-refractivity contribution in [3.8, 4) is 11.5 Å². The van der Waals surface area contributed by atoms with Crippen LogP contribution in [0.2, 0.25) is 0 Å². The van der Waals surface area contributed by atoms with E-state index in [0.29, 0.717) is 30.4 Å². The molecule has 2 aromatic carbocycles. The fraction of sp³-hybridized carbons (Fsp3) is 0.278. The monoisotopic (exact) mass is 361 g/mol. The predicted octanol–water partition coefficient (Wildman–Crippen LogP) is 1.15. The van der Waals surface area contributed by atoms with Crippen molar-refractivity contribution in [1.82, 2.24) is 0 Å². The quantitative estimate of drug-likeness (QED) is 0.751. The van der Waals surface area contributed by atoms with Crippen LogP contribution in [-0.2, 0) is 11.2 Å². The van der Waals surface area contributed by atoms with Crippen LogP contribution in [0.4, 0.5) is 11.4 Å². The number of nitrogens with zero attached hydrogens (tertiary/aromatic N) is 2. The molecule has 0 bridgehead atoms. The van der Waals surface area contributed by atoms with Gasteiger partial charge in [-0.3, -0.25) is 4.79 Å². The highest BCUT2D eigenvalue weighted by Crippen LogP contribution is 2.38. The topological polar surface area (TPSA) is 75.7 Å². The molecular formula is C18H20ClN3O3. The highest BCUT2D eigenvalue weighted by molar-refractivity contribution is 5.94. The van der Waals surface area contributed by atoms with Gasteiger partial charge in [-0.2, -0.15) is 0 Å². The van der Waals surface area contributed by atoms with Gasteiger partial charge < -0.3 is 27.2 Å². The maximum absolute atomic E-state index is 12.3. The lowest BCUT2D eigenvalue weighted by Gasteiger charge is -2.12. The zero-order chi connectivity index (χ0) is 17.4. The van der Waals surface area contributed by atoms with E-state index in [4.69, 9.17) is 14.9 Å². The van der Waals surface area contributed by atoms with Crippen molar-refractivity contribution in [1.29, 1.82) is 5.39 Å². The van der Waals surface area contributed by atoms with Gasteiger partial charge in [-0.25, -0.2) is 0 Å². The lowest BCUT2D eigenvalue weighted by molar-refractivity contribution is -0.115.